The number of hydrogen-bond acceptors (Lipinski definition) is 1. The number of halogens is 1. The quantitative estimate of drug-likeness (QED) is 0.779. The van der Waals surface area contributed by atoms with Crippen molar-refractivity contribution in [1.82, 2.24) is 4.98 Å². The van der Waals surface area contributed by atoms with E-state index in [4.69, 9.17) is 5.73 Å². The van der Waals surface area contributed by atoms with Crippen LogP contribution in [0.5, 0.6) is 0 Å². The van der Waals surface area contributed by atoms with Crippen molar-refractivity contribution in [3.63, 3.8) is 0 Å². The van der Waals surface area contributed by atoms with Crippen LogP contribution < -0.4 is 5.73 Å². The Morgan fingerprint density at radius 2 is 2.36 bits per heavy atom. The predicted octanol–water partition coefficient (Wildman–Crippen LogP) is 2.19. The Bertz CT molecular complexity index is 252. The molecule has 1 aliphatic rings. The van der Waals surface area contributed by atoms with Gasteiger partial charge in [-0.15, -0.1) is 0 Å². The number of rotatable bonds is 2. The number of H-pyrrole nitrogens is 1. The van der Waals surface area contributed by atoms with Gasteiger partial charge in [0.1, 0.15) is 0 Å². The highest BCUT2D eigenvalue weighted by atomic mass is 79.9. The number of aromatic amines is 1. The SMILES string of the molecule is NC(c1cc(Br)c[nH]1)C1CC1. The summed E-state index contributed by atoms with van der Waals surface area (Å²) in [5.74, 6) is 0.723. The van der Waals surface area contributed by atoms with Crippen molar-refractivity contribution < 1.29 is 0 Å². The van der Waals surface area contributed by atoms with E-state index in [1.807, 2.05) is 6.20 Å². The second-order valence-corrected chi connectivity index (χ2v) is 4.05. The smallest absolute Gasteiger partial charge is 0.0476 e. The lowest BCUT2D eigenvalue weighted by atomic mass is 10.1. The molecule has 0 bridgehead atoms. The Morgan fingerprint density at radius 3 is 2.82 bits per heavy atom. The van der Waals surface area contributed by atoms with Gasteiger partial charge >= 0.3 is 0 Å². The summed E-state index contributed by atoms with van der Waals surface area (Å²) in [5.41, 5.74) is 7.11. The van der Waals surface area contributed by atoms with Crippen LogP contribution in [0.3, 0.4) is 0 Å². The second kappa shape index (κ2) is 2.64. The summed E-state index contributed by atoms with van der Waals surface area (Å²) in [5, 5.41) is 0. The zero-order chi connectivity index (χ0) is 7.84. The maximum absolute atomic E-state index is 5.96. The van der Waals surface area contributed by atoms with Crippen LogP contribution >= 0.6 is 15.9 Å². The molecule has 11 heavy (non-hydrogen) atoms. The monoisotopic (exact) mass is 214 g/mol. The van der Waals surface area contributed by atoms with E-state index in [0.717, 1.165) is 16.1 Å². The maximum atomic E-state index is 5.96. The van der Waals surface area contributed by atoms with Crippen molar-refractivity contribution in [3.05, 3.63) is 22.4 Å². The predicted molar refractivity (Wildman–Crippen MR) is 48.1 cm³/mol. The zero-order valence-electron chi connectivity index (χ0n) is 6.18. The van der Waals surface area contributed by atoms with Crippen molar-refractivity contribution in [1.29, 1.82) is 0 Å². The fourth-order valence-electron chi connectivity index (χ4n) is 1.29. The van der Waals surface area contributed by atoms with Crippen LogP contribution in [0.4, 0.5) is 0 Å². The lowest BCUT2D eigenvalue weighted by molar-refractivity contribution is 0.618. The van der Waals surface area contributed by atoms with Gasteiger partial charge in [0, 0.05) is 22.4 Å². The van der Waals surface area contributed by atoms with E-state index in [0.29, 0.717) is 0 Å². The first-order chi connectivity index (χ1) is 5.27. The molecular formula is C8H11BrN2. The molecule has 0 aliphatic heterocycles. The van der Waals surface area contributed by atoms with Crippen LogP contribution in [0.15, 0.2) is 16.7 Å². The maximum Gasteiger partial charge on any atom is 0.0476 e. The third kappa shape index (κ3) is 1.49. The summed E-state index contributed by atoms with van der Waals surface area (Å²) in [4.78, 5) is 3.15. The molecule has 0 radical (unpaired) electrons. The van der Waals surface area contributed by atoms with Crippen molar-refractivity contribution in [3.8, 4) is 0 Å². The molecule has 0 saturated heterocycles. The molecule has 0 spiro atoms. The van der Waals surface area contributed by atoms with Gasteiger partial charge in [-0.05, 0) is 40.8 Å². The molecule has 1 aromatic rings. The number of nitrogens with one attached hydrogen (secondary N) is 1. The van der Waals surface area contributed by atoms with Gasteiger partial charge in [-0.25, -0.2) is 0 Å². The molecule has 3 heteroatoms. The van der Waals surface area contributed by atoms with E-state index in [-0.39, 0.29) is 6.04 Å². The summed E-state index contributed by atoms with van der Waals surface area (Å²) < 4.78 is 1.09. The summed E-state index contributed by atoms with van der Waals surface area (Å²) in [6.45, 7) is 0. The van der Waals surface area contributed by atoms with Gasteiger partial charge in [-0.1, -0.05) is 0 Å². The molecule has 3 N–H and O–H groups in total. The Morgan fingerprint density at radius 1 is 1.64 bits per heavy atom. The lowest BCUT2D eigenvalue weighted by Crippen LogP contribution is -2.12. The van der Waals surface area contributed by atoms with Crippen LogP contribution in [-0.4, -0.2) is 4.98 Å². The first-order valence-electron chi connectivity index (χ1n) is 3.87. The van der Waals surface area contributed by atoms with Crippen LogP contribution in [0.2, 0.25) is 0 Å². The Balaban J connectivity index is 2.14. The standard InChI is InChI=1S/C8H11BrN2/c9-6-3-7(11-4-6)8(10)5-1-2-5/h3-5,8,11H,1-2,10H2. The number of aromatic nitrogens is 1. The highest BCUT2D eigenvalue weighted by molar-refractivity contribution is 9.10. The fraction of sp³-hybridized carbons (Fsp3) is 0.500. The molecule has 1 aliphatic carbocycles. The first-order valence-corrected chi connectivity index (χ1v) is 4.66. The summed E-state index contributed by atoms with van der Waals surface area (Å²) in [6.07, 6.45) is 4.51. The van der Waals surface area contributed by atoms with E-state index in [1.165, 1.54) is 12.8 Å². The molecule has 1 atom stereocenters. The Kier molecular flexibility index (Phi) is 1.77. The molecule has 2 nitrogen and oxygen atoms in total. The molecule has 1 aromatic heterocycles. The largest absolute Gasteiger partial charge is 0.363 e. The molecular weight excluding hydrogens is 204 g/mol. The molecule has 60 valence electrons. The average molecular weight is 215 g/mol. The molecule has 1 saturated carbocycles. The zero-order valence-corrected chi connectivity index (χ0v) is 7.76. The number of hydrogen-bond donors (Lipinski definition) is 2. The van der Waals surface area contributed by atoms with Gasteiger partial charge in [-0.3, -0.25) is 0 Å². The third-order valence-electron chi connectivity index (χ3n) is 2.16. The van der Waals surface area contributed by atoms with Crippen LogP contribution in [0, 0.1) is 5.92 Å². The van der Waals surface area contributed by atoms with Gasteiger partial charge < -0.3 is 10.7 Å². The second-order valence-electron chi connectivity index (χ2n) is 3.14. The van der Waals surface area contributed by atoms with Gasteiger partial charge in [-0.2, -0.15) is 0 Å². The first kappa shape index (κ1) is 7.37. The molecule has 1 heterocycles. The minimum absolute atomic E-state index is 0.223. The summed E-state index contributed by atoms with van der Waals surface area (Å²) in [6, 6.07) is 2.28. The van der Waals surface area contributed by atoms with Gasteiger partial charge in [0.05, 0.1) is 0 Å². The third-order valence-corrected chi connectivity index (χ3v) is 2.62. The van der Waals surface area contributed by atoms with E-state index in [9.17, 15) is 0 Å². The Labute approximate surface area is 74.3 Å². The minimum atomic E-state index is 0.223. The Hall–Kier alpha value is -0.280. The highest BCUT2D eigenvalue weighted by Crippen LogP contribution is 2.39. The van der Waals surface area contributed by atoms with E-state index >= 15 is 0 Å². The normalized spacial score (nSPS) is 20.2. The van der Waals surface area contributed by atoms with Gasteiger partial charge in [0.25, 0.3) is 0 Å². The highest BCUT2D eigenvalue weighted by Gasteiger charge is 2.30. The fourth-order valence-corrected chi connectivity index (χ4v) is 1.65. The molecule has 1 unspecified atom stereocenters. The van der Waals surface area contributed by atoms with Crippen molar-refractivity contribution in [2.24, 2.45) is 11.7 Å². The minimum Gasteiger partial charge on any atom is -0.363 e. The van der Waals surface area contributed by atoms with Crippen LogP contribution in [0.25, 0.3) is 0 Å². The lowest BCUT2D eigenvalue weighted by Gasteiger charge is -2.06. The van der Waals surface area contributed by atoms with Gasteiger partial charge in [0.2, 0.25) is 0 Å². The summed E-state index contributed by atoms with van der Waals surface area (Å²) in [7, 11) is 0. The van der Waals surface area contributed by atoms with Crippen LogP contribution in [0.1, 0.15) is 24.6 Å². The molecule has 0 amide bonds. The number of nitrogens with two attached hydrogens (primary N) is 1. The molecule has 0 aromatic carbocycles. The van der Waals surface area contributed by atoms with Crippen molar-refractivity contribution in [2.45, 2.75) is 18.9 Å². The van der Waals surface area contributed by atoms with E-state index < -0.39 is 0 Å². The van der Waals surface area contributed by atoms with Gasteiger partial charge in [0.15, 0.2) is 0 Å². The van der Waals surface area contributed by atoms with E-state index in [2.05, 4.69) is 27.0 Å². The molecule has 1 fully saturated rings. The topological polar surface area (TPSA) is 41.8 Å². The van der Waals surface area contributed by atoms with Crippen molar-refractivity contribution in [2.75, 3.05) is 0 Å². The van der Waals surface area contributed by atoms with E-state index in [1.54, 1.807) is 0 Å². The van der Waals surface area contributed by atoms with Crippen molar-refractivity contribution >= 4 is 15.9 Å². The summed E-state index contributed by atoms with van der Waals surface area (Å²) >= 11 is 3.38. The average Bonchev–Trinajstić information content (AvgIpc) is 2.74. The van der Waals surface area contributed by atoms with Crippen LogP contribution in [-0.2, 0) is 0 Å². The molecule has 2 rings (SSSR count).